The summed E-state index contributed by atoms with van der Waals surface area (Å²) in [6, 6.07) is 15.3. The lowest BCUT2D eigenvalue weighted by Crippen LogP contribution is -2.45. The summed E-state index contributed by atoms with van der Waals surface area (Å²) in [6.07, 6.45) is 0. The molecular weight excluding hydrogens is 423 g/mol. The van der Waals surface area contributed by atoms with Gasteiger partial charge in [-0.15, -0.1) is 0 Å². The van der Waals surface area contributed by atoms with Crippen LogP contribution < -0.4 is 15.6 Å². The van der Waals surface area contributed by atoms with E-state index in [0.717, 1.165) is 47.4 Å². The van der Waals surface area contributed by atoms with Gasteiger partial charge in [-0.2, -0.15) is 0 Å². The molecule has 0 aliphatic carbocycles. The quantitative estimate of drug-likeness (QED) is 0.649. The Morgan fingerprint density at radius 3 is 2.57 bits per heavy atom. The summed E-state index contributed by atoms with van der Waals surface area (Å²) in [5, 5.41) is 4.42. The van der Waals surface area contributed by atoms with Gasteiger partial charge in [0.25, 0.3) is 5.56 Å². The Morgan fingerprint density at radius 2 is 1.87 bits per heavy atom. The predicted octanol–water partition coefficient (Wildman–Crippen LogP) is 3.64. The topological polar surface area (TPSA) is 51.4 Å². The fraction of sp³-hybridized carbons (Fsp3) is 0.318. The molecule has 3 aromatic rings. The van der Waals surface area contributed by atoms with Gasteiger partial charge in [-0.1, -0.05) is 41.4 Å². The van der Waals surface area contributed by atoms with Crippen LogP contribution in [0.15, 0.2) is 53.3 Å². The smallest absolute Gasteiger partial charge is 0.290 e. The summed E-state index contributed by atoms with van der Waals surface area (Å²) in [7, 11) is 3.47. The van der Waals surface area contributed by atoms with Crippen LogP contribution in [-0.4, -0.2) is 41.0 Å². The van der Waals surface area contributed by atoms with Crippen LogP contribution in [0.4, 0.5) is 0 Å². The predicted molar refractivity (Wildman–Crippen MR) is 120 cm³/mol. The van der Waals surface area contributed by atoms with Crippen LogP contribution in [0.25, 0.3) is 5.69 Å². The van der Waals surface area contributed by atoms with Crippen molar-refractivity contribution in [3.8, 4) is 11.4 Å². The summed E-state index contributed by atoms with van der Waals surface area (Å²) < 4.78 is 8.63. The lowest BCUT2D eigenvalue weighted by molar-refractivity contribution is 0.150. The highest BCUT2D eigenvalue weighted by Gasteiger charge is 2.28. The van der Waals surface area contributed by atoms with Gasteiger partial charge in [0.2, 0.25) is 0 Å². The molecule has 0 radical (unpaired) electrons. The number of methoxy groups -OCH3 is 1. The largest absolute Gasteiger partial charge is 0.497 e. The minimum atomic E-state index is -0.233. The van der Waals surface area contributed by atoms with Crippen molar-refractivity contribution in [3.05, 3.63) is 80.2 Å². The van der Waals surface area contributed by atoms with Gasteiger partial charge in [-0.3, -0.25) is 14.4 Å². The molecule has 0 bridgehead atoms. The molecule has 1 aliphatic rings. The maximum atomic E-state index is 12.9. The van der Waals surface area contributed by atoms with Gasteiger partial charge in [0.1, 0.15) is 10.8 Å². The van der Waals surface area contributed by atoms with Gasteiger partial charge >= 0.3 is 0 Å². The normalized spacial score (nSPS) is 17.3. The number of benzene rings is 2. The Labute approximate surface area is 185 Å². The number of halogens is 2. The van der Waals surface area contributed by atoms with Crippen molar-refractivity contribution in [2.24, 2.45) is 7.05 Å². The molecule has 6 nitrogen and oxygen atoms in total. The molecule has 2 aromatic carbocycles. The van der Waals surface area contributed by atoms with Gasteiger partial charge in [-0.05, 0) is 35.9 Å². The number of nitrogens with zero attached hydrogens (tertiary/aromatic N) is 3. The molecule has 2 heterocycles. The fourth-order valence-electron chi connectivity index (χ4n) is 3.98. The molecule has 0 spiro atoms. The zero-order chi connectivity index (χ0) is 21.3. The number of hydrogen-bond acceptors (Lipinski definition) is 4. The molecule has 1 saturated heterocycles. The van der Waals surface area contributed by atoms with E-state index in [4.69, 9.17) is 27.9 Å². The van der Waals surface area contributed by atoms with E-state index in [0.29, 0.717) is 6.54 Å². The zero-order valence-electron chi connectivity index (χ0n) is 16.9. The molecule has 1 unspecified atom stereocenters. The Kier molecular flexibility index (Phi) is 6.20. The molecule has 0 amide bonds. The van der Waals surface area contributed by atoms with E-state index in [-0.39, 0.29) is 16.6 Å². The summed E-state index contributed by atoms with van der Waals surface area (Å²) in [5.41, 5.74) is 2.35. The zero-order valence-corrected chi connectivity index (χ0v) is 18.5. The molecule has 30 heavy (non-hydrogen) atoms. The third-order valence-corrected chi connectivity index (χ3v) is 6.34. The number of aromatic nitrogens is 2. The highest BCUT2D eigenvalue weighted by atomic mass is 35.5. The van der Waals surface area contributed by atoms with Crippen LogP contribution in [0, 0.1) is 0 Å². The lowest BCUT2D eigenvalue weighted by Gasteiger charge is -2.37. The number of ether oxygens (including phenoxy) is 1. The average molecular weight is 447 g/mol. The molecule has 8 heteroatoms. The van der Waals surface area contributed by atoms with E-state index in [1.54, 1.807) is 11.8 Å². The van der Waals surface area contributed by atoms with Crippen LogP contribution in [0.2, 0.25) is 10.0 Å². The van der Waals surface area contributed by atoms with E-state index in [1.807, 2.05) is 54.2 Å². The van der Waals surface area contributed by atoms with Crippen LogP contribution in [0.3, 0.4) is 0 Å². The van der Waals surface area contributed by atoms with Gasteiger partial charge < -0.3 is 10.1 Å². The lowest BCUT2D eigenvalue weighted by atomic mass is 10.0. The first kappa shape index (κ1) is 21.0. The molecule has 0 saturated carbocycles. The van der Waals surface area contributed by atoms with Crippen molar-refractivity contribution in [2.75, 3.05) is 26.7 Å². The van der Waals surface area contributed by atoms with E-state index in [2.05, 4.69) is 16.3 Å². The van der Waals surface area contributed by atoms with Crippen molar-refractivity contribution in [2.45, 2.75) is 12.6 Å². The molecule has 158 valence electrons. The van der Waals surface area contributed by atoms with Gasteiger partial charge in [-0.25, -0.2) is 4.68 Å². The SMILES string of the molecule is COc1ccc(-n2c(=O)c(Cl)c(CN3CCNCC3c3ccccc3Cl)n2C)cc1. The van der Waals surface area contributed by atoms with Crippen molar-refractivity contribution in [1.29, 1.82) is 0 Å². The minimum absolute atomic E-state index is 0.1000. The second-order valence-corrected chi connectivity index (χ2v) is 8.10. The number of rotatable bonds is 5. The highest BCUT2D eigenvalue weighted by molar-refractivity contribution is 6.31. The Bertz CT molecular complexity index is 1090. The molecule has 1 fully saturated rings. The molecule has 1 aromatic heterocycles. The molecule has 1 aliphatic heterocycles. The summed E-state index contributed by atoms with van der Waals surface area (Å²) in [5.74, 6) is 0.732. The fourth-order valence-corrected chi connectivity index (χ4v) is 4.50. The number of nitrogens with one attached hydrogen (secondary N) is 1. The van der Waals surface area contributed by atoms with E-state index < -0.39 is 0 Å². The van der Waals surface area contributed by atoms with Crippen LogP contribution >= 0.6 is 23.2 Å². The molecule has 1 N–H and O–H groups in total. The average Bonchev–Trinajstić information content (AvgIpc) is 2.98. The van der Waals surface area contributed by atoms with E-state index in [9.17, 15) is 4.79 Å². The Hall–Kier alpha value is -2.25. The van der Waals surface area contributed by atoms with Gasteiger partial charge in [0, 0.05) is 44.3 Å². The van der Waals surface area contributed by atoms with Gasteiger partial charge in [0.05, 0.1) is 18.5 Å². The van der Waals surface area contributed by atoms with Crippen LogP contribution in [-0.2, 0) is 13.6 Å². The summed E-state index contributed by atoms with van der Waals surface area (Å²) in [6.45, 7) is 3.03. The van der Waals surface area contributed by atoms with E-state index in [1.165, 1.54) is 0 Å². The maximum absolute atomic E-state index is 12.9. The summed E-state index contributed by atoms with van der Waals surface area (Å²) >= 11 is 13.0. The first-order valence-corrected chi connectivity index (χ1v) is 10.6. The molecule has 1 atom stereocenters. The Morgan fingerprint density at radius 1 is 1.13 bits per heavy atom. The van der Waals surface area contributed by atoms with Crippen molar-refractivity contribution in [1.82, 2.24) is 19.6 Å². The number of hydrogen-bond donors (Lipinski definition) is 1. The first-order chi connectivity index (χ1) is 14.5. The third-order valence-electron chi connectivity index (χ3n) is 5.61. The van der Waals surface area contributed by atoms with Crippen molar-refractivity contribution >= 4 is 23.2 Å². The van der Waals surface area contributed by atoms with Crippen molar-refractivity contribution in [3.63, 3.8) is 0 Å². The standard InChI is InChI=1S/C22H24Cl2N4O2/c1-26-20(21(24)22(29)28(26)15-7-9-16(30-2)10-8-15)14-27-12-11-25-13-19(27)17-5-3-4-6-18(17)23/h3-10,19,25H,11-14H2,1-2H3. The second kappa shape index (κ2) is 8.86. The Balaban J connectivity index is 1.68. The van der Waals surface area contributed by atoms with E-state index >= 15 is 0 Å². The van der Waals surface area contributed by atoms with Crippen molar-refractivity contribution < 1.29 is 4.74 Å². The maximum Gasteiger partial charge on any atom is 0.290 e. The minimum Gasteiger partial charge on any atom is -0.497 e. The highest BCUT2D eigenvalue weighted by Crippen LogP contribution is 2.30. The van der Waals surface area contributed by atoms with Crippen LogP contribution in [0.1, 0.15) is 17.3 Å². The monoisotopic (exact) mass is 446 g/mol. The second-order valence-electron chi connectivity index (χ2n) is 7.31. The van der Waals surface area contributed by atoms with Crippen LogP contribution in [0.5, 0.6) is 5.75 Å². The van der Waals surface area contributed by atoms with Gasteiger partial charge in [0.15, 0.2) is 0 Å². The number of piperazine rings is 1. The first-order valence-electron chi connectivity index (χ1n) is 9.81. The molecular formula is C22H24Cl2N4O2. The molecule has 4 rings (SSSR count). The third kappa shape index (κ3) is 3.88. The summed E-state index contributed by atoms with van der Waals surface area (Å²) in [4.78, 5) is 15.3.